The van der Waals surface area contributed by atoms with Gasteiger partial charge in [0, 0.05) is 12.4 Å². The second-order valence-electron chi connectivity index (χ2n) is 5.10. The maximum atomic E-state index is 7.90. The fourth-order valence-corrected chi connectivity index (χ4v) is 2.02. The molecule has 0 aliphatic heterocycles. The van der Waals surface area contributed by atoms with Gasteiger partial charge in [0.2, 0.25) is 0 Å². The van der Waals surface area contributed by atoms with E-state index in [2.05, 4.69) is 9.98 Å². The van der Waals surface area contributed by atoms with E-state index in [0.29, 0.717) is 18.8 Å². The number of ether oxygens (including phenoxy) is 2. The third-order valence-electron chi connectivity index (χ3n) is 3.23. The summed E-state index contributed by atoms with van der Waals surface area (Å²) in [7, 11) is 3.26. The van der Waals surface area contributed by atoms with Gasteiger partial charge in [0.15, 0.2) is 0 Å². The molecule has 132 valence electrons. The molecule has 2 aromatic rings. The van der Waals surface area contributed by atoms with Crippen LogP contribution < -0.4 is 9.47 Å². The lowest BCUT2D eigenvalue weighted by molar-refractivity contribution is 0.414. The van der Waals surface area contributed by atoms with Crippen LogP contribution in [0.2, 0.25) is 0 Å². The molecule has 0 heterocycles. The molecule has 0 aliphatic carbocycles. The molecule has 0 bridgehead atoms. The highest BCUT2D eigenvalue weighted by atomic mass is 35.5. The Labute approximate surface area is 154 Å². The van der Waals surface area contributed by atoms with Crippen molar-refractivity contribution in [1.29, 1.82) is 5.41 Å². The number of hydrogen-bond acceptors (Lipinski definition) is 5. The molecule has 0 spiro atoms. The molecule has 5 nitrogen and oxygen atoms in total. The van der Waals surface area contributed by atoms with Gasteiger partial charge in [-0.2, -0.15) is 0 Å². The van der Waals surface area contributed by atoms with Gasteiger partial charge in [0.05, 0.1) is 33.0 Å². The number of rotatable bonds is 8. The van der Waals surface area contributed by atoms with Crippen molar-refractivity contribution in [2.75, 3.05) is 27.3 Å². The number of nitrogens with one attached hydrogen (secondary N) is 1. The van der Waals surface area contributed by atoms with Gasteiger partial charge in [-0.1, -0.05) is 24.3 Å². The van der Waals surface area contributed by atoms with Gasteiger partial charge in [0.1, 0.15) is 11.5 Å². The van der Waals surface area contributed by atoms with Crippen molar-refractivity contribution < 1.29 is 9.47 Å². The number of hydrogen-bond donors (Lipinski definition) is 1. The lowest BCUT2D eigenvalue weighted by Gasteiger charge is -2.00. The van der Waals surface area contributed by atoms with E-state index in [0.717, 1.165) is 22.6 Å². The van der Waals surface area contributed by atoms with Crippen LogP contribution in [-0.4, -0.2) is 45.4 Å². The molecule has 0 saturated heterocycles. The summed E-state index contributed by atoms with van der Waals surface area (Å²) in [6.07, 6.45) is 3.48. The van der Waals surface area contributed by atoms with Crippen LogP contribution in [0.3, 0.4) is 0 Å². The van der Waals surface area contributed by atoms with E-state index >= 15 is 0 Å². The van der Waals surface area contributed by atoms with Gasteiger partial charge in [-0.05, 0) is 35.4 Å². The highest BCUT2D eigenvalue weighted by molar-refractivity contribution is 5.90. The van der Waals surface area contributed by atoms with Crippen LogP contribution in [0.5, 0.6) is 11.5 Å². The van der Waals surface area contributed by atoms with Crippen molar-refractivity contribution in [3.63, 3.8) is 0 Å². The highest BCUT2D eigenvalue weighted by Gasteiger charge is 1.96. The maximum absolute atomic E-state index is 7.90. The van der Waals surface area contributed by atoms with Gasteiger partial charge in [-0.3, -0.25) is 9.98 Å². The predicted octanol–water partition coefficient (Wildman–Crippen LogP) is 3.68. The average molecular weight is 360 g/mol. The highest BCUT2D eigenvalue weighted by Crippen LogP contribution is 2.11. The summed E-state index contributed by atoms with van der Waals surface area (Å²) in [5.41, 5.74) is 2.34. The summed E-state index contributed by atoms with van der Waals surface area (Å²) in [4.78, 5) is 8.54. The second kappa shape index (κ2) is 11.0. The van der Waals surface area contributed by atoms with Gasteiger partial charge in [0.25, 0.3) is 0 Å². The summed E-state index contributed by atoms with van der Waals surface area (Å²) >= 11 is 0. The van der Waals surface area contributed by atoms with Crippen molar-refractivity contribution in [3.05, 3.63) is 59.7 Å². The zero-order valence-corrected chi connectivity index (χ0v) is 15.1. The van der Waals surface area contributed by atoms with Gasteiger partial charge in [-0.15, -0.1) is 12.4 Å². The topological polar surface area (TPSA) is 67.0 Å². The second-order valence-corrected chi connectivity index (χ2v) is 5.10. The first-order valence-corrected chi connectivity index (χ1v) is 7.55. The van der Waals surface area contributed by atoms with Crippen molar-refractivity contribution in [3.8, 4) is 11.5 Å². The maximum Gasteiger partial charge on any atom is 0.119 e. The van der Waals surface area contributed by atoms with E-state index in [4.69, 9.17) is 14.9 Å². The SMILES string of the molecule is COc1cccc(C=NCC(=N)CN=Cc2cccc(OC)c2)c1.Cl. The Morgan fingerprint density at radius 1 is 0.880 bits per heavy atom. The van der Waals surface area contributed by atoms with Crippen LogP contribution in [-0.2, 0) is 0 Å². The number of nitrogens with zero attached hydrogens (tertiary/aromatic N) is 2. The van der Waals surface area contributed by atoms with Crippen LogP contribution >= 0.6 is 12.4 Å². The van der Waals surface area contributed by atoms with Crippen molar-refractivity contribution >= 4 is 30.5 Å². The molecule has 0 amide bonds. The molecular weight excluding hydrogens is 338 g/mol. The Kier molecular flexibility index (Phi) is 8.96. The Morgan fingerprint density at radius 2 is 1.32 bits per heavy atom. The number of benzene rings is 2. The largest absolute Gasteiger partial charge is 0.497 e. The number of aliphatic imine (C=N–C) groups is 2. The van der Waals surface area contributed by atoms with E-state index in [-0.39, 0.29) is 12.4 Å². The first-order chi connectivity index (χ1) is 11.7. The van der Waals surface area contributed by atoms with Crippen molar-refractivity contribution in [2.24, 2.45) is 9.98 Å². The summed E-state index contributed by atoms with van der Waals surface area (Å²) in [6.45, 7) is 0.652. The van der Waals surface area contributed by atoms with E-state index in [1.807, 2.05) is 48.5 Å². The number of methoxy groups -OCH3 is 2. The van der Waals surface area contributed by atoms with Crippen LogP contribution in [0.1, 0.15) is 11.1 Å². The van der Waals surface area contributed by atoms with Crippen molar-refractivity contribution in [2.45, 2.75) is 0 Å². The van der Waals surface area contributed by atoms with Gasteiger partial charge in [-0.25, -0.2) is 0 Å². The third-order valence-corrected chi connectivity index (χ3v) is 3.23. The first kappa shape index (κ1) is 20.4. The Hall–Kier alpha value is -2.66. The molecule has 0 aromatic heterocycles. The van der Waals surface area contributed by atoms with Crippen LogP contribution in [0, 0.1) is 5.41 Å². The van der Waals surface area contributed by atoms with Gasteiger partial charge >= 0.3 is 0 Å². The van der Waals surface area contributed by atoms with E-state index in [9.17, 15) is 0 Å². The minimum atomic E-state index is 0. The molecular formula is C19H22ClN3O2. The summed E-state index contributed by atoms with van der Waals surface area (Å²) in [5, 5.41) is 7.90. The predicted molar refractivity (Wildman–Crippen MR) is 106 cm³/mol. The average Bonchev–Trinajstić information content (AvgIpc) is 2.62. The molecule has 0 fully saturated rings. The Morgan fingerprint density at radius 3 is 1.72 bits per heavy atom. The van der Waals surface area contributed by atoms with Gasteiger partial charge < -0.3 is 14.9 Å². The molecule has 0 unspecified atom stereocenters. The minimum absolute atomic E-state index is 0. The summed E-state index contributed by atoms with van der Waals surface area (Å²) in [6, 6.07) is 15.3. The fraction of sp³-hybridized carbons (Fsp3) is 0.211. The number of halogens is 1. The molecule has 0 radical (unpaired) electrons. The molecule has 0 aliphatic rings. The molecule has 0 atom stereocenters. The molecule has 2 rings (SSSR count). The fourth-order valence-electron chi connectivity index (χ4n) is 2.02. The normalized spacial score (nSPS) is 10.6. The van der Waals surface area contributed by atoms with E-state index < -0.39 is 0 Å². The van der Waals surface area contributed by atoms with Crippen molar-refractivity contribution in [1.82, 2.24) is 0 Å². The monoisotopic (exact) mass is 359 g/mol. The Bertz CT molecular complexity index is 683. The summed E-state index contributed by atoms with van der Waals surface area (Å²) < 4.78 is 10.3. The summed E-state index contributed by atoms with van der Waals surface area (Å²) in [5.74, 6) is 1.58. The van der Waals surface area contributed by atoms with Crippen LogP contribution in [0.15, 0.2) is 58.5 Å². The zero-order valence-electron chi connectivity index (χ0n) is 14.3. The standard InChI is InChI=1S/C19H21N3O2.ClH/c1-23-18-7-3-5-15(9-18)11-21-13-17(20)14-22-12-16-6-4-8-19(10-16)24-2;/h3-12,20H,13-14H2,1-2H3;1H. The molecule has 6 heteroatoms. The Balaban J connectivity index is 0.00000312. The quantitative estimate of drug-likeness (QED) is 0.730. The molecule has 25 heavy (non-hydrogen) atoms. The minimum Gasteiger partial charge on any atom is -0.497 e. The molecule has 1 N–H and O–H groups in total. The molecule has 0 saturated carbocycles. The smallest absolute Gasteiger partial charge is 0.119 e. The third kappa shape index (κ3) is 7.18. The first-order valence-electron chi connectivity index (χ1n) is 7.55. The molecule has 2 aromatic carbocycles. The zero-order chi connectivity index (χ0) is 17.2. The van der Waals surface area contributed by atoms with E-state index in [1.165, 1.54) is 0 Å². The van der Waals surface area contributed by atoms with Crippen LogP contribution in [0.25, 0.3) is 0 Å². The van der Waals surface area contributed by atoms with Crippen LogP contribution in [0.4, 0.5) is 0 Å². The lowest BCUT2D eigenvalue weighted by atomic mass is 10.2. The van der Waals surface area contributed by atoms with E-state index in [1.54, 1.807) is 26.6 Å². The lowest BCUT2D eigenvalue weighted by Crippen LogP contribution is -2.06.